The minimum absolute atomic E-state index is 0.0534. The van der Waals surface area contributed by atoms with E-state index < -0.39 is 52.0 Å². The number of hydrogen-bond acceptors (Lipinski definition) is 9. The summed E-state index contributed by atoms with van der Waals surface area (Å²) in [5, 5.41) is 44.0. The predicted octanol–water partition coefficient (Wildman–Crippen LogP) is 1.14. The Morgan fingerprint density at radius 2 is 1.81 bits per heavy atom. The Bertz CT molecular complexity index is 1230. The Morgan fingerprint density at radius 3 is 2.39 bits per heavy atom. The van der Waals surface area contributed by atoms with Crippen LogP contribution in [0.3, 0.4) is 0 Å². The number of nitrogens with two attached hydrogens (primary N) is 1. The maximum absolute atomic E-state index is 13.8. The van der Waals surface area contributed by atoms with E-state index in [9.17, 15) is 34.8 Å². The van der Waals surface area contributed by atoms with Crippen LogP contribution in [0.4, 0.5) is 5.69 Å². The fourth-order valence-corrected chi connectivity index (χ4v) is 5.90. The summed E-state index contributed by atoms with van der Waals surface area (Å²) in [7, 11) is 7.58. The standard InChI is InChI=1S/C26H33N3O7/c1-28(2)7-5-6-12-10-16(29(3)4)15-9-13-8-14-11-17(30)20(25(27)35)24(34)26(14,36)23(33)18(13)22(32)19(15)21(12)31/h10,13-14,30-31,33,36H,5-9,11H2,1-4H3,(H2,27,35)/t13-,14+,26+/m1/s1. The molecule has 36 heavy (non-hydrogen) atoms. The number of phenols is 1. The summed E-state index contributed by atoms with van der Waals surface area (Å²) in [6.07, 6.45) is 1.43. The molecule has 0 radical (unpaired) electrons. The van der Waals surface area contributed by atoms with Gasteiger partial charge >= 0.3 is 0 Å². The van der Waals surface area contributed by atoms with E-state index in [4.69, 9.17) is 5.73 Å². The van der Waals surface area contributed by atoms with Gasteiger partial charge in [0.1, 0.15) is 22.8 Å². The topological polar surface area (TPSA) is 165 Å². The van der Waals surface area contributed by atoms with Crippen LogP contribution in [-0.2, 0) is 22.4 Å². The molecule has 0 unspecified atom stereocenters. The van der Waals surface area contributed by atoms with Gasteiger partial charge in [-0.3, -0.25) is 14.4 Å². The number of ketones is 2. The molecule has 1 amide bonds. The Kier molecular flexibility index (Phi) is 6.38. The zero-order valence-electron chi connectivity index (χ0n) is 21.0. The second kappa shape index (κ2) is 8.94. The number of carbonyl (C=O) groups is 3. The molecule has 3 aliphatic carbocycles. The van der Waals surface area contributed by atoms with Crippen molar-refractivity contribution in [2.75, 3.05) is 39.6 Å². The lowest BCUT2D eigenvalue weighted by Gasteiger charge is -2.46. The summed E-state index contributed by atoms with van der Waals surface area (Å²) in [5.74, 6) is -6.14. The van der Waals surface area contributed by atoms with Crippen LogP contribution < -0.4 is 10.6 Å². The summed E-state index contributed by atoms with van der Waals surface area (Å²) in [4.78, 5) is 42.6. The van der Waals surface area contributed by atoms with Gasteiger partial charge in [-0.25, -0.2) is 0 Å². The zero-order chi connectivity index (χ0) is 26.7. The number of anilines is 1. The second-order valence-electron chi connectivity index (χ2n) is 10.5. The predicted molar refractivity (Wildman–Crippen MR) is 132 cm³/mol. The molecule has 6 N–H and O–H groups in total. The highest BCUT2D eigenvalue weighted by molar-refractivity contribution is 6.24. The van der Waals surface area contributed by atoms with E-state index in [1.807, 2.05) is 44.1 Å². The van der Waals surface area contributed by atoms with E-state index in [2.05, 4.69) is 0 Å². The van der Waals surface area contributed by atoms with Crippen LogP contribution in [0.2, 0.25) is 0 Å². The molecule has 3 aliphatic rings. The number of rotatable bonds is 6. The summed E-state index contributed by atoms with van der Waals surface area (Å²) in [5.41, 5.74) is 3.81. The van der Waals surface area contributed by atoms with Gasteiger partial charge in [-0.1, -0.05) is 0 Å². The molecule has 0 spiro atoms. The number of aliphatic hydroxyl groups is 3. The first-order valence-corrected chi connectivity index (χ1v) is 12.0. The molecule has 3 atom stereocenters. The van der Waals surface area contributed by atoms with Gasteiger partial charge in [0.05, 0.1) is 5.56 Å². The number of phenolic OH excluding ortho intramolecular Hbond substituents is 1. The van der Waals surface area contributed by atoms with Gasteiger partial charge in [-0.05, 0) is 69.4 Å². The number of Topliss-reactive ketones (excluding diaryl/α,β-unsaturated/α-hetero) is 2. The van der Waals surface area contributed by atoms with Gasteiger partial charge in [0.15, 0.2) is 11.4 Å². The fourth-order valence-electron chi connectivity index (χ4n) is 5.90. The summed E-state index contributed by atoms with van der Waals surface area (Å²) in [6.45, 7) is 0.787. The molecule has 0 aliphatic heterocycles. The molecule has 10 nitrogen and oxygen atoms in total. The molecule has 0 bridgehead atoms. The number of aryl methyl sites for hydroxylation is 1. The molecule has 1 aromatic carbocycles. The van der Waals surface area contributed by atoms with Crippen LogP contribution in [0.1, 0.15) is 40.7 Å². The van der Waals surface area contributed by atoms with Gasteiger partial charge in [0.2, 0.25) is 5.78 Å². The Labute approximate surface area is 209 Å². The number of hydrogen-bond donors (Lipinski definition) is 5. The highest BCUT2D eigenvalue weighted by Gasteiger charge is 2.59. The maximum Gasteiger partial charge on any atom is 0.255 e. The highest BCUT2D eigenvalue weighted by atomic mass is 16.3. The van der Waals surface area contributed by atoms with E-state index in [1.54, 1.807) is 0 Å². The number of benzene rings is 1. The maximum atomic E-state index is 13.8. The van der Waals surface area contributed by atoms with Crippen molar-refractivity contribution in [3.05, 3.63) is 45.4 Å². The van der Waals surface area contributed by atoms with Crippen molar-refractivity contribution in [1.29, 1.82) is 0 Å². The third-order valence-corrected chi connectivity index (χ3v) is 7.65. The normalized spacial score (nSPS) is 25.6. The molecular formula is C26H33N3O7. The van der Waals surface area contributed by atoms with Crippen LogP contribution in [0.5, 0.6) is 5.75 Å². The minimum Gasteiger partial charge on any atom is -0.511 e. The lowest BCUT2D eigenvalue weighted by molar-refractivity contribution is -0.144. The number of allylic oxidation sites excluding steroid dienone is 2. The average molecular weight is 500 g/mol. The number of amides is 1. The molecular weight excluding hydrogens is 466 g/mol. The van der Waals surface area contributed by atoms with Crippen LogP contribution in [-0.4, -0.2) is 83.1 Å². The highest BCUT2D eigenvalue weighted by Crippen LogP contribution is 2.52. The molecule has 1 aromatic rings. The lowest BCUT2D eigenvalue weighted by atomic mass is 9.60. The fraction of sp³-hybridized carbons (Fsp3) is 0.500. The van der Waals surface area contributed by atoms with Crippen molar-refractivity contribution in [2.45, 2.75) is 37.7 Å². The summed E-state index contributed by atoms with van der Waals surface area (Å²) >= 11 is 0. The van der Waals surface area contributed by atoms with Crippen molar-refractivity contribution in [2.24, 2.45) is 17.6 Å². The smallest absolute Gasteiger partial charge is 0.255 e. The lowest BCUT2D eigenvalue weighted by Crippen LogP contribution is -2.57. The Morgan fingerprint density at radius 1 is 1.14 bits per heavy atom. The Hall–Kier alpha value is -3.37. The van der Waals surface area contributed by atoms with Crippen LogP contribution in [0, 0.1) is 11.8 Å². The van der Waals surface area contributed by atoms with Crippen molar-refractivity contribution in [1.82, 2.24) is 4.90 Å². The number of primary amides is 1. The van der Waals surface area contributed by atoms with E-state index in [0.717, 1.165) is 18.7 Å². The number of aromatic hydroxyl groups is 1. The average Bonchev–Trinajstić information content (AvgIpc) is 2.77. The number of nitrogens with zero attached hydrogens (tertiary/aromatic N) is 2. The quantitative estimate of drug-likeness (QED) is 0.361. The molecule has 0 fully saturated rings. The van der Waals surface area contributed by atoms with Gasteiger partial charge in [-0.15, -0.1) is 0 Å². The van der Waals surface area contributed by atoms with Crippen molar-refractivity contribution >= 4 is 23.2 Å². The van der Waals surface area contributed by atoms with E-state index in [-0.39, 0.29) is 36.1 Å². The number of carbonyl (C=O) groups excluding carboxylic acids is 3. The zero-order valence-corrected chi connectivity index (χ0v) is 21.0. The van der Waals surface area contributed by atoms with Crippen molar-refractivity contribution in [3.8, 4) is 5.75 Å². The summed E-state index contributed by atoms with van der Waals surface area (Å²) < 4.78 is 0. The molecule has 4 rings (SSSR count). The molecule has 0 saturated heterocycles. The third-order valence-electron chi connectivity index (χ3n) is 7.65. The van der Waals surface area contributed by atoms with E-state index >= 15 is 0 Å². The monoisotopic (exact) mass is 499 g/mol. The molecule has 0 saturated carbocycles. The number of aliphatic hydroxyl groups excluding tert-OH is 2. The SMILES string of the molecule is CN(C)CCCc1cc(N(C)C)c2c(c1O)C(=O)C1=C(O)[C@]3(O)C(=O)C(C(N)=O)=C(O)C[C@@H]3C[C@@H]1C2. The first-order valence-electron chi connectivity index (χ1n) is 12.0. The molecule has 194 valence electrons. The first-order chi connectivity index (χ1) is 16.8. The van der Waals surface area contributed by atoms with Crippen molar-refractivity contribution < 1.29 is 34.8 Å². The van der Waals surface area contributed by atoms with E-state index in [1.165, 1.54) is 0 Å². The van der Waals surface area contributed by atoms with Gasteiger partial charge in [-0.2, -0.15) is 0 Å². The minimum atomic E-state index is -2.56. The van der Waals surface area contributed by atoms with Crippen LogP contribution >= 0.6 is 0 Å². The second-order valence-corrected chi connectivity index (χ2v) is 10.5. The largest absolute Gasteiger partial charge is 0.511 e. The van der Waals surface area contributed by atoms with Gasteiger partial charge in [0, 0.05) is 37.7 Å². The summed E-state index contributed by atoms with van der Waals surface area (Å²) in [6, 6.07) is 1.88. The van der Waals surface area contributed by atoms with Crippen LogP contribution in [0.25, 0.3) is 0 Å². The third kappa shape index (κ3) is 3.75. The van der Waals surface area contributed by atoms with Gasteiger partial charge < -0.3 is 36.0 Å². The molecule has 0 heterocycles. The molecule has 10 heteroatoms. The van der Waals surface area contributed by atoms with E-state index in [0.29, 0.717) is 17.5 Å². The first kappa shape index (κ1) is 25.7. The van der Waals surface area contributed by atoms with Gasteiger partial charge in [0.25, 0.3) is 5.91 Å². The number of fused-ring (bicyclic) bond motifs is 3. The molecule has 0 aromatic heterocycles. The van der Waals surface area contributed by atoms with Crippen LogP contribution in [0.15, 0.2) is 28.7 Å². The Balaban J connectivity index is 1.86. The van der Waals surface area contributed by atoms with Crippen molar-refractivity contribution in [3.63, 3.8) is 0 Å².